The van der Waals surface area contributed by atoms with Gasteiger partial charge in [-0.05, 0) is 11.4 Å². The lowest BCUT2D eigenvalue weighted by atomic mass is 10.3. The van der Waals surface area contributed by atoms with Crippen LogP contribution in [0.1, 0.15) is 28.2 Å². The number of ether oxygens (including phenoxy) is 1. The summed E-state index contributed by atoms with van der Waals surface area (Å²) in [6.07, 6.45) is 0.725. The third kappa shape index (κ3) is 3.64. The lowest BCUT2D eigenvalue weighted by Crippen LogP contribution is -2.34. The van der Waals surface area contributed by atoms with Crippen LogP contribution in [0, 0.1) is 0 Å². The maximum Gasteiger partial charge on any atom is 0.293 e. The molecule has 0 atom stereocenters. The molecular formula is C13H18N4O2S. The van der Waals surface area contributed by atoms with Gasteiger partial charge in [-0.2, -0.15) is 0 Å². The first kappa shape index (κ1) is 14.7. The first-order valence-corrected chi connectivity index (χ1v) is 7.34. The number of amides is 1. The van der Waals surface area contributed by atoms with Gasteiger partial charge in [0.25, 0.3) is 5.91 Å². The minimum absolute atomic E-state index is 0.175. The molecule has 2 aromatic heterocycles. The molecule has 20 heavy (non-hydrogen) atoms. The summed E-state index contributed by atoms with van der Waals surface area (Å²) < 4.78 is 5.06. The fourth-order valence-corrected chi connectivity index (χ4v) is 2.45. The predicted molar refractivity (Wildman–Crippen MR) is 76.7 cm³/mol. The Labute approximate surface area is 121 Å². The van der Waals surface area contributed by atoms with E-state index >= 15 is 0 Å². The molecule has 2 heterocycles. The molecule has 0 spiro atoms. The Hall–Kier alpha value is -1.73. The van der Waals surface area contributed by atoms with Gasteiger partial charge in [-0.25, -0.2) is 4.98 Å². The topological polar surface area (TPSA) is 71.1 Å². The Bertz CT molecular complexity index is 538. The standard InChI is InChI=1S/C13H18N4O2S/c1-3-11-14-12(16-15-11)13(18)17(6-7-19-2)9-10-5-4-8-20-10/h4-5,8H,3,6-7,9H2,1-2H3,(H,14,15,16). The number of hydrogen-bond donors (Lipinski definition) is 1. The molecule has 2 aromatic rings. The Morgan fingerprint density at radius 2 is 2.40 bits per heavy atom. The number of hydrogen-bond acceptors (Lipinski definition) is 5. The van der Waals surface area contributed by atoms with Crippen molar-refractivity contribution in [1.29, 1.82) is 0 Å². The molecule has 0 aliphatic rings. The van der Waals surface area contributed by atoms with Gasteiger partial charge in [-0.3, -0.25) is 9.89 Å². The fraction of sp³-hybridized carbons (Fsp3) is 0.462. The van der Waals surface area contributed by atoms with Crippen molar-refractivity contribution in [2.75, 3.05) is 20.3 Å². The quantitative estimate of drug-likeness (QED) is 0.844. The first-order valence-electron chi connectivity index (χ1n) is 6.46. The molecule has 0 aliphatic carbocycles. The molecule has 108 valence electrons. The van der Waals surface area contributed by atoms with Crippen molar-refractivity contribution in [1.82, 2.24) is 20.1 Å². The van der Waals surface area contributed by atoms with Gasteiger partial charge in [0, 0.05) is 25.0 Å². The van der Waals surface area contributed by atoms with Gasteiger partial charge in [0.05, 0.1) is 13.2 Å². The van der Waals surface area contributed by atoms with Crippen LogP contribution in [-0.2, 0) is 17.7 Å². The number of nitrogens with one attached hydrogen (secondary N) is 1. The summed E-state index contributed by atoms with van der Waals surface area (Å²) in [5.74, 6) is 0.761. The normalized spacial score (nSPS) is 10.7. The number of methoxy groups -OCH3 is 1. The second-order valence-corrected chi connectivity index (χ2v) is 5.29. The Morgan fingerprint density at radius 1 is 1.55 bits per heavy atom. The number of aromatic nitrogens is 3. The molecule has 0 saturated heterocycles. The maximum atomic E-state index is 12.4. The van der Waals surface area contributed by atoms with Crippen LogP contribution in [0.4, 0.5) is 0 Å². The summed E-state index contributed by atoms with van der Waals surface area (Å²) in [6.45, 7) is 3.52. The lowest BCUT2D eigenvalue weighted by molar-refractivity contribution is 0.0671. The molecule has 0 unspecified atom stereocenters. The molecule has 0 saturated carbocycles. The van der Waals surface area contributed by atoms with Crippen LogP contribution in [-0.4, -0.2) is 46.2 Å². The number of carbonyl (C=O) groups is 1. The molecule has 1 N–H and O–H groups in total. The van der Waals surface area contributed by atoms with Gasteiger partial charge < -0.3 is 9.64 Å². The van der Waals surface area contributed by atoms with Crippen molar-refractivity contribution in [3.8, 4) is 0 Å². The number of thiophene rings is 1. The van der Waals surface area contributed by atoms with Crippen LogP contribution < -0.4 is 0 Å². The summed E-state index contributed by atoms with van der Waals surface area (Å²) in [4.78, 5) is 19.5. The van der Waals surface area contributed by atoms with Crippen molar-refractivity contribution < 1.29 is 9.53 Å². The minimum Gasteiger partial charge on any atom is -0.383 e. The number of nitrogens with zero attached hydrogens (tertiary/aromatic N) is 3. The Kier molecular flexibility index (Phi) is 5.25. The third-order valence-electron chi connectivity index (χ3n) is 2.84. The van der Waals surface area contributed by atoms with Gasteiger partial charge in [-0.1, -0.05) is 13.0 Å². The highest BCUT2D eigenvalue weighted by atomic mass is 32.1. The van der Waals surface area contributed by atoms with Crippen LogP contribution in [0.2, 0.25) is 0 Å². The molecule has 0 radical (unpaired) electrons. The van der Waals surface area contributed by atoms with Crippen LogP contribution in [0.25, 0.3) is 0 Å². The van der Waals surface area contributed by atoms with Gasteiger partial charge >= 0.3 is 0 Å². The zero-order valence-corrected chi connectivity index (χ0v) is 12.4. The van der Waals surface area contributed by atoms with Gasteiger partial charge in [0.2, 0.25) is 5.82 Å². The van der Waals surface area contributed by atoms with Crippen molar-refractivity contribution in [2.24, 2.45) is 0 Å². The van der Waals surface area contributed by atoms with E-state index in [1.54, 1.807) is 23.3 Å². The molecular weight excluding hydrogens is 276 g/mol. The van der Waals surface area contributed by atoms with Crippen LogP contribution in [0.15, 0.2) is 17.5 Å². The molecule has 1 amide bonds. The van der Waals surface area contributed by atoms with E-state index in [9.17, 15) is 4.79 Å². The van der Waals surface area contributed by atoms with E-state index in [0.29, 0.717) is 19.7 Å². The average Bonchev–Trinajstić information content (AvgIpc) is 3.13. The van der Waals surface area contributed by atoms with E-state index < -0.39 is 0 Å². The zero-order valence-electron chi connectivity index (χ0n) is 11.6. The smallest absolute Gasteiger partial charge is 0.293 e. The molecule has 0 aliphatic heterocycles. The first-order chi connectivity index (χ1) is 9.74. The fourth-order valence-electron chi connectivity index (χ4n) is 1.74. The Morgan fingerprint density at radius 3 is 3.00 bits per heavy atom. The molecule has 6 nitrogen and oxygen atoms in total. The van der Waals surface area contributed by atoms with Gasteiger partial charge in [0.1, 0.15) is 5.82 Å². The number of H-pyrrole nitrogens is 1. The number of carbonyl (C=O) groups excluding carboxylic acids is 1. The second-order valence-electron chi connectivity index (χ2n) is 4.26. The van der Waals surface area contributed by atoms with Gasteiger partial charge in [0.15, 0.2) is 0 Å². The summed E-state index contributed by atoms with van der Waals surface area (Å²) in [5, 5.41) is 8.75. The van der Waals surface area contributed by atoms with Crippen LogP contribution in [0.3, 0.4) is 0 Å². The van der Waals surface area contributed by atoms with E-state index in [4.69, 9.17) is 4.74 Å². The zero-order chi connectivity index (χ0) is 14.4. The van der Waals surface area contributed by atoms with E-state index in [-0.39, 0.29) is 11.7 Å². The van der Waals surface area contributed by atoms with E-state index in [2.05, 4.69) is 15.2 Å². The second kappa shape index (κ2) is 7.16. The third-order valence-corrected chi connectivity index (χ3v) is 3.70. The highest BCUT2D eigenvalue weighted by Crippen LogP contribution is 2.13. The predicted octanol–water partition coefficient (Wildman–Crippen LogP) is 1.72. The number of rotatable bonds is 7. The number of aromatic amines is 1. The minimum atomic E-state index is -0.175. The Balaban J connectivity index is 2.10. The van der Waals surface area contributed by atoms with Crippen LogP contribution in [0.5, 0.6) is 0 Å². The van der Waals surface area contributed by atoms with E-state index in [0.717, 1.165) is 17.1 Å². The highest BCUT2D eigenvalue weighted by Gasteiger charge is 2.20. The van der Waals surface area contributed by atoms with Gasteiger partial charge in [-0.15, -0.1) is 16.4 Å². The van der Waals surface area contributed by atoms with Crippen molar-refractivity contribution >= 4 is 17.2 Å². The molecule has 7 heteroatoms. The number of aryl methyl sites for hydroxylation is 1. The van der Waals surface area contributed by atoms with Crippen molar-refractivity contribution in [3.05, 3.63) is 34.0 Å². The molecule has 0 aromatic carbocycles. The maximum absolute atomic E-state index is 12.4. The SMILES string of the molecule is CCc1nc(C(=O)N(CCOC)Cc2cccs2)n[nH]1. The van der Waals surface area contributed by atoms with E-state index in [1.165, 1.54) is 0 Å². The van der Waals surface area contributed by atoms with E-state index in [1.807, 2.05) is 24.4 Å². The largest absolute Gasteiger partial charge is 0.383 e. The molecule has 0 fully saturated rings. The highest BCUT2D eigenvalue weighted by molar-refractivity contribution is 7.09. The monoisotopic (exact) mass is 294 g/mol. The molecule has 2 rings (SSSR count). The molecule has 0 bridgehead atoms. The lowest BCUT2D eigenvalue weighted by Gasteiger charge is -2.20. The van der Waals surface area contributed by atoms with Crippen molar-refractivity contribution in [2.45, 2.75) is 19.9 Å². The average molecular weight is 294 g/mol. The summed E-state index contributed by atoms with van der Waals surface area (Å²) >= 11 is 1.62. The summed E-state index contributed by atoms with van der Waals surface area (Å²) in [7, 11) is 1.62. The van der Waals surface area contributed by atoms with Crippen LogP contribution >= 0.6 is 11.3 Å². The summed E-state index contributed by atoms with van der Waals surface area (Å²) in [6, 6.07) is 3.98. The van der Waals surface area contributed by atoms with Crippen molar-refractivity contribution in [3.63, 3.8) is 0 Å². The summed E-state index contributed by atoms with van der Waals surface area (Å²) in [5.41, 5.74) is 0.